The highest BCUT2D eigenvalue weighted by Gasteiger charge is 2.35. The lowest BCUT2D eigenvalue weighted by molar-refractivity contribution is -0.0270. The fraction of sp³-hybridized carbons (Fsp3) is 0.538. The normalized spacial score (nSPS) is 18.4. The molecule has 0 radical (unpaired) electrons. The van der Waals surface area contributed by atoms with E-state index >= 15 is 0 Å². The molecule has 0 spiro atoms. The standard InChI is InChI=1S/C13H19NO3S/c1-10-4-5-12(8-11(10)2)18(16,17)14-9-13(15)6-3-7-13/h4-5,8,14-15H,3,6-7,9H2,1-2H3. The van der Waals surface area contributed by atoms with Crippen molar-refractivity contribution in [3.05, 3.63) is 29.3 Å². The van der Waals surface area contributed by atoms with E-state index in [2.05, 4.69) is 4.72 Å². The molecule has 0 aromatic heterocycles. The van der Waals surface area contributed by atoms with Gasteiger partial charge in [0.1, 0.15) is 0 Å². The van der Waals surface area contributed by atoms with Crippen molar-refractivity contribution >= 4 is 10.0 Å². The van der Waals surface area contributed by atoms with Crippen LogP contribution >= 0.6 is 0 Å². The molecule has 0 bridgehead atoms. The third-order valence-electron chi connectivity index (χ3n) is 3.66. The second kappa shape index (κ2) is 4.64. The van der Waals surface area contributed by atoms with Crippen LogP contribution in [0.1, 0.15) is 30.4 Å². The van der Waals surface area contributed by atoms with Crippen molar-refractivity contribution in [3.8, 4) is 0 Å². The summed E-state index contributed by atoms with van der Waals surface area (Å²) in [4.78, 5) is 0.258. The number of hydrogen-bond donors (Lipinski definition) is 2. The number of rotatable bonds is 4. The number of nitrogens with one attached hydrogen (secondary N) is 1. The smallest absolute Gasteiger partial charge is 0.240 e. The summed E-state index contributed by atoms with van der Waals surface area (Å²) in [6.45, 7) is 3.92. The Morgan fingerprint density at radius 3 is 2.44 bits per heavy atom. The first kappa shape index (κ1) is 13.5. The van der Waals surface area contributed by atoms with E-state index in [9.17, 15) is 13.5 Å². The van der Waals surface area contributed by atoms with Gasteiger partial charge in [-0.2, -0.15) is 0 Å². The molecule has 2 N–H and O–H groups in total. The molecule has 1 saturated carbocycles. The largest absolute Gasteiger partial charge is 0.389 e. The molecule has 0 amide bonds. The van der Waals surface area contributed by atoms with Crippen LogP contribution in [0.4, 0.5) is 0 Å². The summed E-state index contributed by atoms with van der Waals surface area (Å²) in [7, 11) is -3.52. The summed E-state index contributed by atoms with van der Waals surface area (Å²) in [6.07, 6.45) is 2.30. The topological polar surface area (TPSA) is 66.4 Å². The van der Waals surface area contributed by atoms with E-state index in [1.807, 2.05) is 13.8 Å². The molecule has 2 rings (SSSR count). The average Bonchev–Trinajstić information content (AvgIpc) is 2.27. The van der Waals surface area contributed by atoms with Crippen molar-refractivity contribution in [1.29, 1.82) is 0 Å². The third-order valence-corrected chi connectivity index (χ3v) is 5.06. The maximum Gasteiger partial charge on any atom is 0.240 e. The van der Waals surface area contributed by atoms with Gasteiger partial charge in [0.25, 0.3) is 0 Å². The Morgan fingerprint density at radius 1 is 1.28 bits per heavy atom. The van der Waals surface area contributed by atoms with Crippen molar-refractivity contribution in [2.24, 2.45) is 0 Å². The molecular weight excluding hydrogens is 250 g/mol. The molecule has 5 heteroatoms. The van der Waals surface area contributed by atoms with E-state index in [-0.39, 0.29) is 11.4 Å². The van der Waals surface area contributed by atoms with Gasteiger partial charge >= 0.3 is 0 Å². The van der Waals surface area contributed by atoms with Gasteiger partial charge in [0.15, 0.2) is 0 Å². The molecule has 4 nitrogen and oxygen atoms in total. The molecule has 0 aliphatic heterocycles. The van der Waals surface area contributed by atoms with Gasteiger partial charge < -0.3 is 5.11 Å². The van der Waals surface area contributed by atoms with Crippen molar-refractivity contribution < 1.29 is 13.5 Å². The first-order valence-corrected chi connectivity index (χ1v) is 7.60. The van der Waals surface area contributed by atoms with Gasteiger partial charge in [-0.3, -0.25) is 0 Å². The van der Waals surface area contributed by atoms with Gasteiger partial charge in [0, 0.05) is 6.54 Å². The zero-order valence-electron chi connectivity index (χ0n) is 10.7. The molecule has 100 valence electrons. The highest BCUT2D eigenvalue weighted by molar-refractivity contribution is 7.89. The van der Waals surface area contributed by atoms with Gasteiger partial charge in [-0.05, 0) is 56.4 Å². The lowest BCUT2D eigenvalue weighted by Gasteiger charge is -2.36. The maximum absolute atomic E-state index is 12.1. The lowest BCUT2D eigenvalue weighted by atomic mass is 9.81. The van der Waals surface area contributed by atoms with Crippen LogP contribution in [0.25, 0.3) is 0 Å². The highest BCUT2D eigenvalue weighted by atomic mass is 32.2. The van der Waals surface area contributed by atoms with E-state index in [1.165, 1.54) is 0 Å². The third kappa shape index (κ3) is 2.74. The number of benzene rings is 1. The van der Waals surface area contributed by atoms with E-state index in [0.29, 0.717) is 12.8 Å². The molecular formula is C13H19NO3S. The average molecular weight is 269 g/mol. The van der Waals surface area contributed by atoms with Gasteiger partial charge in [0.2, 0.25) is 10.0 Å². The molecule has 1 aliphatic rings. The van der Waals surface area contributed by atoms with Crippen molar-refractivity contribution in [3.63, 3.8) is 0 Å². The first-order chi connectivity index (χ1) is 8.32. The minimum atomic E-state index is -3.52. The molecule has 1 aromatic carbocycles. The van der Waals surface area contributed by atoms with Gasteiger partial charge in [-0.15, -0.1) is 0 Å². The summed E-state index contributed by atoms with van der Waals surface area (Å²) in [6, 6.07) is 5.04. The fourth-order valence-electron chi connectivity index (χ4n) is 1.96. The van der Waals surface area contributed by atoms with Gasteiger partial charge in [-0.1, -0.05) is 6.07 Å². The van der Waals surface area contributed by atoms with Gasteiger partial charge in [-0.25, -0.2) is 13.1 Å². The summed E-state index contributed by atoms with van der Waals surface area (Å²) in [5.74, 6) is 0. The van der Waals surface area contributed by atoms with Crippen molar-refractivity contribution in [2.75, 3.05) is 6.54 Å². The van der Waals surface area contributed by atoms with Crippen LogP contribution < -0.4 is 4.72 Å². The number of aliphatic hydroxyl groups is 1. The van der Waals surface area contributed by atoms with E-state index < -0.39 is 15.6 Å². The van der Waals surface area contributed by atoms with Crippen LogP contribution in [0.3, 0.4) is 0 Å². The molecule has 0 heterocycles. The quantitative estimate of drug-likeness (QED) is 0.870. The molecule has 18 heavy (non-hydrogen) atoms. The molecule has 1 aromatic rings. The molecule has 1 aliphatic carbocycles. The van der Waals surface area contributed by atoms with Gasteiger partial charge in [0.05, 0.1) is 10.5 Å². The van der Waals surface area contributed by atoms with E-state index in [0.717, 1.165) is 17.5 Å². The Bertz CT molecular complexity index is 547. The number of sulfonamides is 1. The predicted molar refractivity (Wildman–Crippen MR) is 69.9 cm³/mol. The summed E-state index contributed by atoms with van der Waals surface area (Å²) in [5, 5.41) is 9.89. The van der Waals surface area contributed by atoms with Crippen LogP contribution in [-0.4, -0.2) is 25.7 Å². The zero-order valence-corrected chi connectivity index (χ0v) is 11.5. The van der Waals surface area contributed by atoms with Crippen molar-refractivity contribution in [1.82, 2.24) is 4.72 Å². The van der Waals surface area contributed by atoms with Crippen LogP contribution in [-0.2, 0) is 10.0 Å². The van der Waals surface area contributed by atoms with E-state index in [4.69, 9.17) is 0 Å². The minimum absolute atomic E-state index is 0.0995. The Morgan fingerprint density at radius 2 is 1.94 bits per heavy atom. The molecule has 0 atom stereocenters. The highest BCUT2D eigenvalue weighted by Crippen LogP contribution is 2.31. The Balaban J connectivity index is 2.12. The summed E-state index contributed by atoms with van der Waals surface area (Å²) >= 11 is 0. The Kier molecular flexibility index (Phi) is 3.49. The predicted octanol–water partition coefficient (Wildman–Crippen LogP) is 1.50. The second-order valence-electron chi connectivity index (χ2n) is 5.15. The minimum Gasteiger partial charge on any atom is -0.389 e. The number of aryl methyl sites for hydroxylation is 2. The lowest BCUT2D eigenvalue weighted by Crippen LogP contribution is -2.47. The van der Waals surface area contributed by atoms with Crippen LogP contribution in [0.5, 0.6) is 0 Å². The summed E-state index contributed by atoms with van der Waals surface area (Å²) < 4.78 is 26.6. The maximum atomic E-state index is 12.1. The Hall–Kier alpha value is -0.910. The van der Waals surface area contributed by atoms with Crippen molar-refractivity contribution in [2.45, 2.75) is 43.6 Å². The second-order valence-corrected chi connectivity index (χ2v) is 6.92. The van der Waals surface area contributed by atoms with Crippen LogP contribution in [0.15, 0.2) is 23.1 Å². The number of hydrogen-bond acceptors (Lipinski definition) is 3. The van der Waals surface area contributed by atoms with E-state index in [1.54, 1.807) is 18.2 Å². The molecule has 0 saturated heterocycles. The van der Waals surface area contributed by atoms with Crippen LogP contribution in [0.2, 0.25) is 0 Å². The zero-order chi connectivity index (χ0) is 13.4. The Labute approximate surface area is 108 Å². The SMILES string of the molecule is Cc1ccc(S(=O)(=O)NCC2(O)CCC2)cc1C. The summed E-state index contributed by atoms with van der Waals surface area (Å²) in [5.41, 5.74) is 1.17. The first-order valence-electron chi connectivity index (χ1n) is 6.12. The van der Waals surface area contributed by atoms with Crippen LogP contribution in [0, 0.1) is 13.8 Å². The monoisotopic (exact) mass is 269 g/mol. The molecule has 1 fully saturated rings. The molecule has 0 unspecified atom stereocenters. The fourth-order valence-corrected chi connectivity index (χ4v) is 3.16.